The molecule has 0 aromatic heterocycles. The van der Waals surface area contributed by atoms with Crippen LogP contribution in [0.2, 0.25) is 0 Å². The van der Waals surface area contributed by atoms with Gasteiger partial charge in [0, 0.05) is 10.6 Å². The largest absolute Gasteiger partial charge is 0.325 e. The number of amides is 2. The van der Waals surface area contributed by atoms with Gasteiger partial charge in [-0.2, -0.15) is 0 Å². The number of hydrogen-bond donors (Lipinski definition) is 2. The van der Waals surface area contributed by atoms with Crippen molar-refractivity contribution in [3.63, 3.8) is 0 Å². The van der Waals surface area contributed by atoms with E-state index in [0.717, 1.165) is 21.8 Å². The average molecular weight is 361 g/mol. The molecule has 0 spiro atoms. The van der Waals surface area contributed by atoms with Crippen LogP contribution in [0.1, 0.15) is 5.56 Å². The topological polar surface area (TPSA) is 58.2 Å². The minimum atomic E-state index is -0.108. The maximum Gasteiger partial charge on any atom is 0.234 e. The van der Waals surface area contributed by atoms with E-state index in [9.17, 15) is 9.59 Å². The summed E-state index contributed by atoms with van der Waals surface area (Å²) < 4.78 is 0. The number of rotatable bonds is 7. The Morgan fingerprint density at radius 1 is 0.958 bits per heavy atom. The van der Waals surface area contributed by atoms with Gasteiger partial charge in [-0.15, -0.1) is 23.5 Å². The molecule has 0 unspecified atom stereocenters. The highest BCUT2D eigenvalue weighted by Gasteiger charge is 2.08. The Balaban J connectivity index is 1.75. The number of aryl methyl sites for hydroxylation is 1. The molecule has 0 heterocycles. The van der Waals surface area contributed by atoms with Crippen molar-refractivity contribution in [2.24, 2.45) is 0 Å². The molecular formula is C18H20N2O2S2. The second kappa shape index (κ2) is 9.39. The molecule has 0 aliphatic heterocycles. The summed E-state index contributed by atoms with van der Waals surface area (Å²) in [5, 5.41) is 5.71. The summed E-state index contributed by atoms with van der Waals surface area (Å²) >= 11 is 2.88. The Bertz CT molecular complexity index is 720. The van der Waals surface area contributed by atoms with Gasteiger partial charge in [0.2, 0.25) is 11.8 Å². The standard InChI is InChI=1S/C18H20N2O2S2/c1-13-6-5-7-14(10-13)19-17(21)11-24-12-18(22)20-15-8-3-4-9-16(15)23-2/h3-10H,11-12H2,1-2H3,(H,19,21)(H,20,22). The highest BCUT2D eigenvalue weighted by Crippen LogP contribution is 2.24. The molecule has 0 aliphatic carbocycles. The second-order valence-electron chi connectivity index (χ2n) is 5.16. The van der Waals surface area contributed by atoms with Crippen LogP contribution < -0.4 is 10.6 Å². The van der Waals surface area contributed by atoms with Crippen LogP contribution >= 0.6 is 23.5 Å². The molecule has 24 heavy (non-hydrogen) atoms. The van der Waals surface area contributed by atoms with Crippen LogP contribution in [0.3, 0.4) is 0 Å². The van der Waals surface area contributed by atoms with Crippen LogP contribution in [0.25, 0.3) is 0 Å². The molecule has 4 nitrogen and oxygen atoms in total. The van der Waals surface area contributed by atoms with E-state index in [1.807, 2.05) is 61.7 Å². The number of thioether (sulfide) groups is 2. The number of hydrogen-bond acceptors (Lipinski definition) is 4. The molecule has 0 atom stereocenters. The van der Waals surface area contributed by atoms with Gasteiger partial charge in [0.25, 0.3) is 0 Å². The van der Waals surface area contributed by atoms with Crippen LogP contribution in [0.4, 0.5) is 11.4 Å². The van der Waals surface area contributed by atoms with Crippen LogP contribution in [0.15, 0.2) is 53.4 Å². The summed E-state index contributed by atoms with van der Waals surface area (Å²) in [6, 6.07) is 15.3. The molecule has 0 bridgehead atoms. The number of nitrogens with one attached hydrogen (secondary N) is 2. The summed E-state index contributed by atoms with van der Waals surface area (Å²) in [4.78, 5) is 24.9. The monoisotopic (exact) mass is 360 g/mol. The molecule has 0 radical (unpaired) electrons. The molecule has 0 fully saturated rings. The van der Waals surface area contributed by atoms with Crippen molar-refractivity contribution >= 4 is 46.7 Å². The zero-order valence-electron chi connectivity index (χ0n) is 13.7. The first-order valence-corrected chi connectivity index (χ1v) is 9.83. The maximum atomic E-state index is 12.0. The third-order valence-corrected chi connectivity index (χ3v) is 4.88. The van der Waals surface area contributed by atoms with Gasteiger partial charge in [0.05, 0.1) is 17.2 Å². The summed E-state index contributed by atoms with van der Waals surface area (Å²) in [6.45, 7) is 1.97. The fourth-order valence-electron chi connectivity index (χ4n) is 2.09. The molecule has 2 amide bonds. The molecule has 0 saturated carbocycles. The third-order valence-electron chi connectivity index (χ3n) is 3.15. The fourth-order valence-corrected chi connectivity index (χ4v) is 3.26. The molecule has 2 N–H and O–H groups in total. The fraction of sp³-hybridized carbons (Fsp3) is 0.222. The molecule has 0 saturated heterocycles. The lowest BCUT2D eigenvalue weighted by Gasteiger charge is -2.09. The van der Waals surface area contributed by atoms with Gasteiger partial charge >= 0.3 is 0 Å². The highest BCUT2D eigenvalue weighted by atomic mass is 32.2. The normalized spacial score (nSPS) is 10.2. The van der Waals surface area contributed by atoms with Crippen molar-refractivity contribution in [2.45, 2.75) is 11.8 Å². The number of para-hydroxylation sites is 1. The van der Waals surface area contributed by atoms with Gasteiger partial charge in [-0.25, -0.2) is 0 Å². The zero-order valence-corrected chi connectivity index (χ0v) is 15.3. The van der Waals surface area contributed by atoms with Crippen LogP contribution in [0, 0.1) is 6.92 Å². The van der Waals surface area contributed by atoms with Crippen molar-refractivity contribution in [3.05, 3.63) is 54.1 Å². The summed E-state index contributed by atoms with van der Waals surface area (Å²) in [7, 11) is 0. The molecular weight excluding hydrogens is 340 g/mol. The van der Waals surface area contributed by atoms with Gasteiger partial charge in [-0.1, -0.05) is 24.3 Å². The molecule has 0 aliphatic rings. The van der Waals surface area contributed by atoms with E-state index in [1.165, 1.54) is 11.8 Å². The molecule has 2 aromatic rings. The van der Waals surface area contributed by atoms with Crippen molar-refractivity contribution in [1.29, 1.82) is 0 Å². The zero-order chi connectivity index (χ0) is 17.4. The minimum Gasteiger partial charge on any atom is -0.325 e. The second-order valence-corrected chi connectivity index (χ2v) is 6.99. The van der Waals surface area contributed by atoms with Gasteiger partial charge in [-0.05, 0) is 43.0 Å². The number of benzene rings is 2. The van der Waals surface area contributed by atoms with Gasteiger partial charge in [0.1, 0.15) is 0 Å². The van der Waals surface area contributed by atoms with Crippen LogP contribution in [-0.2, 0) is 9.59 Å². The van der Waals surface area contributed by atoms with Crippen molar-refractivity contribution in [1.82, 2.24) is 0 Å². The van der Waals surface area contributed by atoms with E-state index < -0.39 is 0 Å². The predicted molar refractivity (Wildman–Crippen MR) is 104 cm³/mol. The Morgan fingerprint density at radius 2 is 1.67 bits per heavy atom. The van der Waals surface area contributed by atoms with E-state index in [0.29, 0.717) is 0 Å². The van der Waals surface area contributed by atoms with E-state index in [2.05, 4.69) is 10.6 Å². The minimum absolute atomic E-state index is 0.107. The first kappa shape index (κ1) is 18.4. The van der Waals surface area contributed by atoms with Crippen molar-refractivity contribution < 1.29 is 9.59 Å². The summed E-state index contributed by atoms with van der Waals surface area (Å²) in [5.74, 6) is 0.267. The summed E-state index contributed by atoms with van der Waals surface area (Å²) in [6.07, 6.45) is 1.97. The average Bonchev–Trinajstić information content (AvgIpc) is 2.55. The maximum absolute atomic E-state index is 12.0. The SMILES string of the molecule is CSc1ccccc1NC(=O)CSCC(=O)Nc1cccc(C)c1. The molecule has 126 valence electrons. The molecule has 2 rings (SSSR count). The quantitative estimate of drug-likeness (QED) is 0.732. The lowest BCUT2D eigenvalue weighted by molar-refractivity contribution is -0.114. The van der Waals surface area contributed by atoms with Gasteiger partial charge in [-0.3, -0.25) is 9.59 Å². The third kappa shape index (κ3) is 5.94. The number of carbonyl (C=O) groups is 2. The van der Waals surface area contributed by atoms with E-state index in [4.69, 9.17) is 0 Å². The number of anilines is 2. The van der Waals surface area contributed by atoms with E-state index in [1.54, 1.807) is 11.8 Å². The number of carbonyl (C=O) groups excluding carboxylic acids is 2. The Labute approximate surface area is 150 Å². The lowest BCUT2D eigenvalue weighted by atomic mass is 10.2. The molecule has 6 heteroatoms. The van der Waals surface area contributed by atoms with Crippen LogP contribution in [-0.4, -0.2) is 29.6 Å². The van der Waals surface area contributed by atoms with Crippen molar-refractivity contribution in [3.8, 4) is 0 Å². The first-order chi connectivity index (χ1) is 11.6. The molecule has 2 aromatic carbocycles. The Morgan fingerprint density at radius 3 is 2.38 bits per heavy atom. The van der Waals surface area contributed by atoms with E-state index >= 15 is 0 Å². The first-order valence-electron chi connectivity index (χ1n) is 7.45. The van der Waals surface area contributed by atoms with Crippen LogP contribution in [0.5, 0.6) is 0 Å². The van der Waals surface area contributed by atoms with E-state index in [-0.39, 0.29) is 23.3 Å². The Kier molecular flexibility index (Phi) is 7.21. The summed E-state index contributed by atoms with van der Waals surface area (Å²) in [5.41, 5.74) is 2.67. The predicted octanol–water partition coefficient (Wildman–Crippen LogP) is 4.03. The van der Waals surface area contributed by atoms with Crippen molar-refractivity contribution in [2.75, 3.05) is 28.4 Å². The van der Waals surface area contributed by atoms with Gasteiger partial charge < -0.3 is 10.6 Å². The smallest absolute Gasteiger partial charge is 0.234 e. The Hall–Kier alpha value is -1.92. The highest BCUT2D eigenvalue weighted by molar-refractivity contribution is 8.00. The lowest BCUT2D eigenvalue weighted by Crippen LogP contribution is -2.18. The van der Waals surface area contributed by atoms with Gasteiger partial charge in [0.15, 0.2) is 0 Å².